The molecule has 0 heterocycles. The fraction of sp³-hybridized carbons (Fsp3) is 0.385. The van der Waals surface area contributed by atoms with E-state index < -0.39 is 15.9 Å². The maximum absolute atomic E-state index is 13.6. The summed E-state index contributed by atoms with van der Waals surface area (Å²) in [6.45, 7) is 6.21. The van der Waals surface area contributed by atoms with Gasteiger partial charge in [-0.25, -0.2) is 12.8 Å². The van der Waals surface area contributed by atoms with Crippen LogP contribution >= 0.6 is 0 Å². The second-order valence-electron chi connectivity index (χ2n) is 5.21. The van der Waals surface area contributed by atoms with Gasteiger partial charge in [-0.2, -0.15) is 0 Å². The largest absolute Gasteiger partial charge is 0.288 e. The zero-order chi connectivity index (χ0) is 14.0. The van der Waals surface area contributed by atoms with Crippen LogP contribution in [-0.2, 0) is 15.4 Å². The predicted octanol–water partition coefficient (Wildman–Crippen LogP) is 2.80. The molecule has 1 rings (SSSR count). The Labute approximate surface area is 108 Å². The van der Waals surface area contributed by atoms with Gasteiger partial charge in [0.1, 0.15) is 5.83 Å². The van der Waals surface area contributed by atoms with Crippen LogP contribution in [0.3, 0.4) is 0 Å². The van der Waals surface area contributed by atoms with Gasteiger partial charge in [-0.15, -0.1) is 0 Å². The Kier molecular flexibility index (Phi) is 4.16. The first-order valence-corrected chi connectivity index (χ1v) is 7.42. The number of benzene rings is 1. The molecule has 5 heteroatoms. The van der Waals surface area contributed by atoms with E-state index in [0.717, 1.165) is 18.0 Å². The summed E-state index contributed by atoms with van der Waals surface area (Å²) in [4.78, 5) is 0. The number of hydrogen-bond donors (Lipinski definition) is 1. The average Bonchev–Trinajstić information content (AvgIpc) is 2.24. The molecule has 0 aliphatic heterocycles. The predicted molar refractivity (Wildman–Crippen MR) is 72.2 cm³/mol. The van der Waals surface area contributed by atoms with E-state index in [2.05, 4.69) is 20.8 Å². The van der Waals surface area contributed by atoms with Crippen LogP contribution in [0.2, 0.25) is 0 Å². The number of halogens is 1. The molecule has 1 N–H and O–H groups in total. The van der Waals surface area contributed by atoms with Crippen LogP contribution in [0.4, 0.5) is 4.39 Å². The van der Waals surface area contributed by atoms with Gasteiger partial charge < -0.3 is 0 Å². The van der Waals surface area contributed by atoms with Crippen molar-refractivity contribution in [2.45, 2.75) is 26.2 Å². The zero-order valence-corrected chi connectivity index (χ0v) is 11.8. The summed E-state index contributed by atoms with van der Waals surface area (Å²) < 4.78 is 37.3. The molecule has 3 nitrogen and oxygen atoms in total. The monoisotopic (exact) mass is 271 g/mol. The first kappa shape index (κ1) is 14.7. The van der Waals surface area contributed by atoms with E-state index in [4.69, 9.17) is 0 Å². The standard InChI is InChI=1S/C13H18FNO2S/c1-13(2,3)11-7-5-10(6-8-11)12(14)9-15-18(4,16)17/h5-9,15H,1-4H3/b12-9+. The van der Waals surface area contributed by atoms with Crippen LogP contribution in [-0.4, -0.2) is 14.7 Å². The molecule has 0 aliphatic carbocycles. The molecule has 0 aromatic heterocycles. The summed E-state index contributed by atoms with van der Waals surface area (Å²) in [6.07, 6.45) is 1.82. The minimum absolute atomic E-state index is 0.00370. The third-order valence-electron chi connectivity index (χ3n) is 2.43. The number of hydrogen-bond acceptors (Lipinski definition) is 2. The maximum Gasteiger partial charge on any atom is 0.229 e. The van der Waals surface area contributed by atoms with E-state index in [1.807, 2.05) is 16.9 Å². The highest BCUT2D eigenvalue weighted by atomic mass is 32.2. The van der Waals surface area contributed by atoms with Crippen molar-refractivity contribution in [1.29, 1.82) is 0 Å². The molecule has 0 radical (unpaired) electrons. The van der Waals surface area contributed by atoms with E-state index in [1.54, 1.807) is 12.1 Å². The molecule has 0 saturated heterocycles. The smallest absolute Gasteiger partial charge is 0.229 e. The molecule has 18 heavy (non-hydrogen) atoms. The van der Waals surface area contributed by atoms with Crippen LogP contribution in [0.5, 0.6) is 0 Å². The van der Waals surface area contributed by atoms with Gasteiger partial charge in [0.05, 0.1) is 6.26 Å². The number of sulfonamides is 1. The minimum Gasteiger partial charge on any atom is -0.288 e. The summed E-state index contributed by atoms with van der Waals surface area (Å²) in [6, 6.07) is 6.94. The van der Waals surface area contributed by atoms with Crippen LogP contribution < -0.4 is 4.72 Å². The second kappa shape index (κ2) is 5.10. The van der Waals surface area contributed by atoms with Crippen molar-refractivity contribution in [2.75, 3.05) is 6.26 Å². The molecule has 0 bridgehead atoms. The van der Waals surface area contributed by atoms with Gasteiger partial charge in [0.25, 0.3) is 0 Å². The SMILES string of the molecule is CC(C)(C)c1ccc(/C(F)=C\NS(C)(=O)=O)cc1. The average molecular weight is 271 g/mol. The Morgan fingerprint density at radius 1 is 1.22 bits per heavy atom. The molecule has 0 fully saturated rings. The third-order valence-corrected chi connectivity index (χ3v) is 2.97. The summed E-state index contributed by atoms with van der Waals surface area (Å²) >= 11 is 0. The fourth-order valence-corrected chi connectivity index (χ4v) is 1.69. The summed E-state index contributed by atoms with van der Waals surface area (Å²) in [5, 5.41) is 0. The lowest BCUT2D eigenvalue weighted by atomic mass is 9.87. The van der Waals surface area contributed by atoms with Gasteiger partial charge in [0.15, 0.2) is 0 Å². The number of rotatable bonds is 3. The Morgan fingerprint density at radius 3 is 2.11 bits per heavy atom. The van der Waals surface area contributed by atoms with Gasteiger partial charge in [-0.05, 0) is 11.0 Å². The van der Waals surface area contributed by atoms with Gasteiger partial charge in [-0.1, -0.05) is 45.0 Å². The lowest BCUT2D eigenvalue weighted by Gasteiger charge is -2.18. The molecule has 0 aliphatic rings. The van der Waals surface area contributed by atoms with Crippen molar-refractivity contribution in [3.05, 3.63) is 41.6 Å². The van der Waals surface area contributed by atoms with Crippen LogP contribution in [0.15, 0.2) is 30.5 Å². The zero-order valence-electron chi connectivity index (χ0n) is 11.0. The Bertz CT molecular complexity index is 539. The molecule has 1 aromatic rings. The van der Waals surface area contributed by atoms with Crippen molar-refractivity contribution in [1.82, 2.24) is 4.72 Å². The molecule has 0 unspecified atom stereocenters. The van der Waals surface area contributed by atoms with E-state index in [1.165, 1.54) is 0 Å². The lowest BCUT2D eigenvalue weighted by molar-refractivity contribution is 0.590. The topological polar surface area (TPSA) is 46.2 Å². The van der Waals surface area contributed by atoms with Crippen LogP contribution in [0, 0.1) is 0 Å². The Morgan fingerprint density at radius 2 is 1.72 bits per heavy atom. The molecule has 1 aromatic carbocycles. The molecular formula is C13H18FNO2S. The van der Waals surface area contributed by atoms with Gasteiger partial charge >= 0.3 is 0 Å². The van der Waals surface area contributed by atoms with Crippen molar-refractivity contribution in [3.8, 4) is 0 Å². The van der Waals surface area contributed by atoms with Crippen molar-refractivity contribution in [3.63, 3.8) is 0 Å². The Hall–Kier alpha value is -1.36. The summed E-state index contributed by atoms with van der Waals surface area (Å²) in [5.41, 5.74) is 1.44. The molecule has 100 valence electrons. The van der Waals surface area contributed by atoms with Gasteiger partial charge in [0.2, 0.25) is 10.0 Å². The highest BCUT2D eigenvalue weighted by Crippen LogP contribution is 2.24. The van der Waals surface area contributed by atoms with Crippen LogP contribution in [0.1, 0.15) is 31.9 Å². The molecular weight excluding hydrogens is 253 g/mol. The van der Waals surface area contributed by atoms with Crippen molar-refractivity contribution >= 4 is 15.9 Å². The maximum atomic E-state index is 13.6. The quantitative estimate of drug-likeness (QED) is 0.919. The third kappa shape index (κ3) is 4.49. The normalized spacial score (nSPS) is 13.5. The number of nitrogens with one attached hydrogen (secondary N) is 1. The van der Waals surface area contributed by atoms with Crippen LogP contribution in [0.25, 0.3) is 5.83 Å². The molecule has 0 saturated carbocycles. The minimum atomic E-state index is -3.42. The highest BCUT2D eigenvalue weighted by molar-refractivity contribution is 7.88. The van der Waals surface area contributed by atoms with Gasteiger partial charge in [-0.3, -0.25) is 4.72 Å². The molecule has 0 amide bonds. The van der Waals surface area contributed by atoms with Crippen molar-refractivity contribution < 1.29 is 12.8 Å². The van der Waals surface area contributed by atoms with E-state index in [9.17, 15) is 12.8 Å². The van der Waals surface area contributed by atoms with E-state index in [0.29, 0.717) is 5.56 Å². The fourth-order valence-electron chi connectivity index (χ4n) is 1.37. The van der Waals surface area contributed by atoms with Crippen molar-refractivity contribution in [2.24, 2.45) is 0 Å². The lowest BCUT2D eigenvalue weighted by Crippen LogP contribution is -2.15. The van der Waals surface area contributed by atoms with Gasteiger partial charge in [0, 0.05) is 11.8 Å². The summed E-state index contributed by atoms with van der Waals surface area (Å²) in [7, 11) is -3.42. The van der Waals surface area contributed by atoms with E-state index in [-0.39, 0.29) is 5.41 Å². The highest BCUT2D eigenvalue weighted by Gasteiger charge is 2.13. The van der Waals surface area contributed by atoms with E-state index >= 15 is 0 Å². The first-order chi connectivity index (χ1) is 8.09. The second-order valence-corrected chi connectivity index (χ2v) is 6.99. The first-order valence-electron chi connectivity index (χ1n) is 5.53. The Balaban J connectivity index is 2.92. The summed E-state index contributed by atoms with van der Waals surface area (Å²) in [5.74, 6) is -0.610. The molecule has 0 atom stereocenters. The molecule has 0 spiro atoms.